The van der Waals surface area contributed by atoms with Gasteiger partial charge in [-0.05, 0) is 25.9 Å². The van der Waals surface area contributed by atoms with Crippen LogP contribution in [-0.2, 0) is 9.47 Å². The second kappa shape index (κ2) is 24.9. The minimum absolute atomic E-state index is 0.588. The number of nitrogens with two attached hydrogens (primary N) is 1. The van der Waals surface area contributed by atoms with Gasteiger partial charge in [-0.15, -0.1) is 0 Å². The maximum atomic E-state index is 5.75. The van der Waals surface area contributed by atoms with Gasteiger partial charge in [0.2, 0.25) is 0 Å². The minimum Gasteiger partial charge on any atom is -0.378 e. The molecule has 0 aliphatic rings. The van der Waals surface area contributed by atoms with Crippen molar-refractivity contribution in [3.8, 4) is 0 Å². The van der Waals surface area contributed by atoms with Crippen molar-refractivity contribution in [3.05, 3.63) is 0 Å². The van der Waals surface area contributed by atoms with Crippen molar-refractivity contribution in [2.24, 2.45) is 5.73 Å². The Kier molecular flexibility index (Phi) is 24.7. The highest BCUT2D eigenvalue weighted by Crippen LogP contribution is 2.10. The minimum atomic E-state index is 0.588. The summed E-state index contributed by atoms with van der Waals surface area (Å²) >= 11 is 0. The first-order chi connectivity index (χ1) is 13.8. The molecule has 0 aromatic rings. The summed E-state index contributed by atoms with van der Waals surface area (Å²) in [6, 6.07) is 0. The Hall–Kier alpha value is -0.160. The molecule has 0 atom stereocenters. The average molecular weight is 401 g/mol. The van der Waals surface area contributed by atoms with Crippen LogP contribution in [0.1, 0.15) is 104 Å². The van der Waals surface area contributed by atoms with E-state index in [2.05, 4.69) is 18.7 Å². The van der Waals surface area contributed by atoms with Crippen LogP contribution in [0.15, 0.2) is 0 Å². The van der Waals surface area contributed by atoms with E-state index in [1.165, 1.54) is 103 Å². The molecule has 0 aromatic carbocycles. The molecule has 4 heteroatoms. The van der Waals surface area contributed by atoms with E-state index in [4.69, 9.17) is 15.2 Å². The Morgan fingerprint density at radius 3 is 1.39 bits per heavy atom. The Labute approximate surface area is 176 Å². The largest absolute Gasteiger partial charge is 0.378 e. The summed E-state index contributed by atoms with van der Waals surface area (Å²) < 4.78 is 11.1. The molecule has 0 saturated heterocycles. The molecule has 0 radical (unpaired) electrons. The molecular formula is C24H52N2O2. The van der Waals surface area contributed by atoms with Gasteiger partial charge in [0.15, 0.2) is 0 Å². The lowest BCUT2D eigenvalue weighted by Gasteiger charge is -2.22. The molecule has 4 nitrogen and oxygen atoms in total. The van der Waals surface area contributed by atoms with Gasteiger partial charge in [-0.3, -0.25) is 0 Å². The molecule has 170 valence electrons. The molecule has 0 unspecified atom stereocenters. The number of nitrogens with zero attached hydrogens (tertiary/aromatic N) is 1. The fraction of sp³-hybridized carbons (Fsp3) is 1.00. The number of unbranched alkanes of at least 4 members (excludes halogenated alkanes) is 12. The molecule has 0 rings (SSSR count). The van der Waals surface area contributed by atoms with Crippen LogP contribution in [0.25, 0.3) is 0 Å². The van der Waals surface area contributed by atoms with Crippen LogP contribution in [0.3, 0.4) is 0 Å². The van der Waals surface area contributed by atoms with Crippen molar-refractivity contribution in [1.82, 2.24) is 4.90 Å². The smallest absolute Gasteiger partial charge is 0.0701 e. The van der Waals surface area contributed by atoms with Crippen molar-refractivity contribution in [3.63, 3.8) is 0 Å². The fourth-order valence-corrected chi connectivity index (χ4v) is 3.52. The number of hydrogen-bond acceptors (Lipinski definition) is 4. The molecule has 0 heterocycles. The van der Waals surface area contributed by atoms with E-state index < -0.39 is 0 Å². The lowest BCUT2D eigenvalue weighted by atomic mass is 10.1. The molecule has 2 N–H and O–H groups in total. The van der Waals surface area contributed by atoms with Crippen LogP contribution < -0.4 is 5.73 Å². The summed E-state index contributed by atoms with van der Waals surface area (Å²) in [6.07, 6.45) is 19.4. The average Bonchev–Trinajstić information content (AvgIpc) is 2.71. The monoisotopic (exact) mass is 400 g/mol. The van der Waals surface area contributed by atoms with E-state index in [1.807, 2.05) is 0 Å². The van der Waals surface area contributed by atoms with Gasteiger partial charge in [0.25, 0.3) is 0 Å². The van der Waals surface area contributed by atoms with Gasteiger partial charge >= 0.3 is 0 Å². The van der Waals surface area contributed by atoms with E-state index in [0.29, 0.717) is 26.4 Å². The lowest BCUT2D eigenvalue weighted by molar-refractivity contribution is 0.0406. The highest BCUT2D eigenvalue weighted by atomic mass is 16.5. The van der Waals surface area contributed by atoms with Gasteiger partial charge in [-0.2, -0.15) is 0 Å². The lowest BCUT2D eigenvalue weighted by Crippen LogP contribution is -2.30. The topological polar surface area (TPSA) is 47.7 Å². The SMILES string of the molecule is CCCCCCCCCN(CCCCCCCCC)CCOCCOCCN. The molecule has 0 bridgehead atoms. The van der Waals surface area contributed by atoms with Crippen molar-refractivity contribution in [1.29, 1.82) is 0 Å². The van der Waals surface area contributed by atoms with Crippen LogP contribution in [0.2, 0.25) is 0 Å². The predicted molar refractivity (Wildman–Crippen MR) is 123 cm³/mol. The van der Waals surface area contributed by atoms with Crippen LogP contribution >= 0.6 is 0 Å². The molecular weight excluding hydrogens is 348 g/mol. The standard InChI is InChI=1S/C24H52N2O2/c1-3-5-7-9-11-13-15-18-26(19-16-14-12-10-8-6-4-2)20-22-28-24-23-27-21-17-25/h3-25H2,1-2H3. The predicted octanol–water partition coefficient (Wildman–Crippen LogP) is 5.78. The molecule has 0 fully saturated rings. The molecule has 0 aliphatic carbocycles. The van der Waals surface area contributed by atoms with Gasteiger partial charge in [0, 0.05) is 13.1 Å². The first-order valence-electron chi connectivity index (χ1n) is 12.4. The van der Waals surface area contributed by atoms with E-state index in [-0.39, 0.29) is 0 Å². The third kappa shape index (κ3) is 22.1. The number of ether oxygens (including phenoxy) is 2. The Balaban J connectivity index is 3.80. The molecule has 0 aliphatic heterocycles. The third-order valence-corrected chi connectivity index (χ3v) is 5.34. The molecule has 0 saturated carbocycles. The third-order valence-electron chi connectivity index (χ3n) is 5.34. The normalized spacial score (nSPS) is 11.6. The summed E-state index contributed by atoms with van der Waals surface area (Å²) in [5.41, 5.74) is 5.42. The van der Waals surface area contributed by atoms with Gasteiger partial charge in [-0.1, -0.05) is 90.9 Å². The second-order valence-electron chi connectivity index (χ2n) is 8.10. The number of hydrogen-bond donors (Lipinski definition) is 1. The Morgan fingerprint density at radius 1 is 0.500 bits per heavy atom. The molecule has 28 heavy (non-hydrogen) atoms. The highest BCUT2D eigenvalue weighted by Gasteiger charge is 2.05. The summed E-state index contributed by atoms with van der Waals surface area (Å²) in [5.74, 6) is 0. The fourth-order valence-electron chi connectivity index (χ4n) is 3.52. The zero-order chi connectivity index (χ0) is 20.5. The quantitative estimate of drug-likeness (QED) is 0.209. The maximum absolute atomic E-state index is 5.75. The van der Waals surface area contributed by atoms with Crippen molar-refractivity contribution >= 4 is 0 Å². The highest BCUT2D eigenvalue weighted by molar-refractivity contribution is 4.59. The van der Waals surface area contributed by atoms with Gasteiger partial charge in [-0.25, -0.2) is 0 Å². The Bertz CT molecular complexity index is 235. The zero-order valence-corrected chi connectivity index (χ0v) is 19.4. The number of rotatable bonds is 24. The zero-order valence-electron chi connectivity index (χ0n) is 19.4. The van der Waals surface area contributed by atoms with E-state index in [9.17, 15) is 0 Å². The van der Waals surface area contributed by atoms with Gasteiger partial charge in [0.05, 0.1) is 26.4 Å². The summed E-state index contributed by atoms with van der Waals surface area (Å²) in [4.78, 5) is 2.62. The van der Waals surface area contributed by atoms with E-state index >= 15 is 0 Å². The van der Waals surface area contributed by atoms with Crippen LogP contribution in [0.5, 0.6) is 0 Å². The van der Waals surface area contributed by atoms with Gasteiger partial charge in [0.1, 0.15) is 0 Å². The molecule has 0 spiro atoms. The van der Waals surface area contributed by atoms with E-state index in [0.717, 1.165) is 13.2 Å². The van der Waals surface area contributed by atoms with Crippen LogP contribution in [-0.4, -0.2) is 57.5 Å². The summed E-state index contributed by atoms with van der Waals surface area (Å²) in [7, 11) is 0. The maximum Gasteiger partial charge on any atom is 0.0701 e. The summed E-state index contributed by atoms with van der Waals surface area (Å²) in [5, 5.41) is 0. The first kappa shape index (κ1) is 27.8. The van der Waals surface area contributed by atoms with E-state index in [1.54, 1.807) is 0 Å². The van der Waals surface area contributed by atoms with Gasteiger partial charge < -0.3 is 20.1 Å². The molecule has 0 amide bonds. The Morgan fingerprint density at radius 2 is 0.929 bits per heavy atom. The van der Waals surface area contributed by atoms with Crippen LogP contribution in [0.4, 0.5) is 0 Å². The van der Waals surface area contributed by atoms with Crippen molar-refractivity contribution in [2.75, 3.05) is 52.6 Å². The van der Waals surface area contributed by atoms with Crippen LogP contribution in [0, 0.1) is 0 Å². The first-order valence-corrected chi connectivity index (χ1v) is 12.4. The molecule has 0 aromatic heterocycles. The summed E-state index contributed by atoms with van der Waals surface area (Å²) in [6.45, 7) is 11.5. The van der Waals surface area contributed by atoms with Crippen molar-refractivity contribution in [2.45, 2.75) is 104 Å². The second-order valence-corrected chi connectivity index (χ2v) is 8.10. The van der Waals surface area contributed by atoms with Crippen molar-refractivity contribution < 1.29 is 9.47 Å².